The first-order valence-electron chi connectivity index (χ1n) is 4.73. The van der Waals surface area contributed by atoms with Crippen LogP contribution < -0.4 is 5.32 Å². The van der Waals surface area contributed by atoms with Gasteiger partial charge >= 0.3 is 0 Å². The SMILES string of the molecule is Cc1cc(C(=O)Nc2ccn[nH]2)ccc1Cl. The fourth-order valence-electron chi connectivity index (χ4n) is 1.31. The van der Waals surface area contributed by atoms with Crippen LogP contribution >= 0.6 is 11.6 Å². The molecule has 2 rings (SSSR count). The zero-order chi connectivity index (χ0) is 11.5. The normalized spacial score (nSPS) is 10.1. The number of hydrogen-bond acceptors (Lipinski definition) is 2. The number of halogens is 1. The van der Waals surface area contributed by atoms with Gasteiger partial charge in [0.25, 0.3) is 5.91 Å². The van der Waals surface area contributed by atoms with Crippen LogP contribution in [0.2, 0.25) is 5.02 Å². The maximum atomic E-state index is 11.8. The lowest BCUT2D eigenvalue weighted by molar-refractivity contribution is 0.102. The van der Waals surface area contributed by atoms with Gasteiger partial charge in [0.05, 0.1) is 6.20 Å². The molecule has 0 atom stereocenters. The van der Waals surface area contributed by atoms with Crippen molar-refractivity contribution in [3.05, 3.63) is 46.6 Å². The molecule has 0 aliphatic rings. The number of benzene rings is 1. The second-order valence-corrected chi connectivity index (χ2v) is 3.80. The maximum Gasteiger partial charge on any atom is 0.256 e. The molecule has 1 aromatic heterocycles. The zero-order valence-corrected chi connectivity index (χ0v) is 9.38. The average Bonchev–Trinajstić information content (AvgIpc) is 2.74. The van der Waals surface area contributed by atoms with E-state index in [4.69, 9.17) is 11.6 Å². The quantitative estimate of drug-likeness (QED) is 0.841. The molecule has 2 aromatic rings. The number of hydrogen-bond donors (Lipinski definition) is 2. The summed E-state index contributed by atoms with van der Waals surface area (Å²) in [5, 5.41) is 9.73. The van der Waals surface area contributed by atoms with Gasteiger partial charge in [-0.15, -0.1) is 0 Å². The topological polar surface area (TPSA) is 57.8 Å². The second-order valence-electron chi connectivity index (χ2n) is 3.39. The van der Waals surface area contributed by atoms with Crippen LogP contribution in [0, 0.1) is 6.92 Å². The number of carbonyl (C=O) groups is 1. The van der Waals surface area contributed by atoms with Gasteiger partial charge in [-0.3, -0.25) is 9.89 Å². The van der Waals surface area contributed by atoms with E-state index in [9.17, 15) is 4.79 Å². The molecule has 16 heavy (non-hydrogen) atoms. The predicted octanol–water partition coefficient (Wildman–Crippen LogP) is 2.62. The summed E-state index contributed by atoms with van der Waals surface area (Å²) in [5.41, 5.74) is 1.44. The minimum absolute atomic E-state index is 0.191. The van der Waals surface area contributed by atoms with Crippen molar-refractivity contribution in [1.29, 1.82) is 0 Å². The molecule has 1 heterocycles. The fourth-order valence-corrected chi connectivity index (χ4v) is 1.42. The fraction of sp³-hybridized carbons (Fsp3) is 0.0909. The number of aromatic amines is 1. The zero-order valence-electron chi connectivity index (χ0n) is 8.62. The van der Waals surface area contributed by atoms with Crippen LogP contribution in [0.4, 0.5) is 5.82 Å². The molecule has 0 spiro atoms. The van der Waals surface area contributed by atoms with Crippen molar-refractivity contribution in [3.8, 4) is 0 Å². The van der Waals surface area contributed by atoms with Crippen molar-refractivity contribution in [2.24, 2.45) is 0 Å². The van der Waals surface area contributed by atoms with Gasteiger partial charge in [-0.2, -0.15) is 5.10 Å². The summed E-state index contributed by atoms with van der Waals surface area (Å²) in [6.45, 7) is 1.86. The number of carbonyl (C=O) groups excluding carboxylic acids is 1. The molecule has 1 aromatic carbocycles. The van der Waals surface area contributed by atoms with E-state index in [-0.39, 0.29) is 5.91 Å². The Morgan fingerprint density at radius 1 is 1.44 bits per heavy atom. The number of anilines is 1. The number of aryl methyl sites for hydroxylation is 1. The standard InChI is InChI=1S/C11H10ClN3O/c1-7-6-8(2-3-9(7)12)11(16)14-10-4-5-13-15-10/h2-6H,1H3,(H2,13,14,15,16). The van der Waals surface area contributed by atoms with Crippen molar-refractivity contribution >= 4 is 23.3 Å². The number of amides is 1. The number of nitrogens with one attached hydrogen (secondary N) is 2. The molecule has 2 N–H and O–H groups in total. The van der Waals surface area contributed by atoms with Crippen LogP contribution in [-0.2, 0) is 0 Å². The number of rotatable bonds is 2. The van der Waals surface area contributed by atoms with Gasteiger partial charge in [-0.25, -0.2) is 0 Å². The molecule has 0 saturated heterocycles. The molecular formula is C11H10ClN3O. The highest BCUT2D eigenvalue weighted by Gasteiger charge is 2.07. The molecule has 4 nitrogen and oxygen atoms in total. The largest absolute Gasteiger partial charge is 0.307 e. The minimum atomic E-state index is -0.191. The van der Waals surface area contributed by atoms with Gasteiger partial charge in [0.15, 0.2) is 0 Å². The Hall–Kier alpha value is -1.81. The number of aromatic nitrogens is 2. The number of H-pyrrole nitrogens is 1. The highest BCUT2D eigenvalue weighted by atomic mass is 35.5. The van der Waals surface area contributed by atoms with E-state index < -0.39 is 0 Å². The van der Waals surface area contributed by atoms with E-state index in [0.717, 1.165) is 5.56 Å². The van der Waals surface area contributed by atoms with Crippen LogP contribution in [-0.4, -0.2) is 16.1 Å². The molecule has 0 saturated carbocycles. The first-order chi connectivity index (χ1) is 7.66. The van der Waals surface area contributed by atoms with Crippen molar-refractivity contribution in [2.75, 3.05) is 5.32 Å². The van der Waals surface area contributed by atoms with Gasteiger partial charge in [0.1, 0.15) is 5.82 Å². The van der Waals surface area contributed by atoms with Gasteiger partial charge in [0, 0.05) is 16.7 Å². The van der Waals surface area contributed by atoms with Crippen LogP contribution in [0.5, 0.6) is 0 Å². The molecule has 82 valence electrons. The highest BCUT2D eigenvalue weighted by Crippen LogP contribution is 2.16. The van der Waals surface area contributed by atoms with E-state index in [1.165, 1.54) is 0 Å². The predicted molar refractivity (Wildman–Crippen MR) is 62.7 cm³/mol. The Morgan fingerprint density at radius 2 is 2.25 bits per heavy atom. The summed E-state index contributed by atoms with van der Waals surface area (Å²) in [4.78, 5) is 11.8. The molecule has 0 aliphatic heterocycles. The van der Waals surface area contributed by atoms with Crippen molar-refractivity contribution in [3.63, 3.8) is 0 Å². The third-order valence-electron chi connectivity index (χ3n) is 2.17. The lowest BCUT2D eigenvalue weighted by Crippen LogP contribution is -2.12. The Morgan fingerprint density at radius 3 is 2.88 bits per heavy atom. The molecule has 0 bridgehead atoms. The van der Waals surface area contributed by atoms with E-state index in [2.05, 4.69) is 15.5 Å². The van der Waals surface area contributed by atoms with Crippen LogP contribution in [0.25, 0.3) is 0 Å². The molecule has 1 amide bonds. The monoisotopic (exact) mass is 235 g/mol. The highest BCUT2D eigenvalue weighted by molar-refractivity contribution is 6.31. The Labute approximate surface area is 97.6 Å². The Bertz CT molecular complexity index is 508. The Balaban J connectivity index is 2.18. The molecule has 5 heteroatoms. The lowest BCUT2D eigenvalue weighted by Gasteiger charge is -2.04. The first-order valence-corrected chi connectivity index (χ1v) is 5.11. The third kappa shape index (κ3) is 2.23. The summed E-state index contributed by atoms with van der Waals surface area (Å²) in [6.07, 6.45) is 1.57. The smallest absolute Gasteiger partial charge is 0.256 e. The van der Waals surface area contributed by atoms with Gasteiger partial charge in [-0.1, -0.05) is 11.6 Å². The van der Waals surface area contributed by atoms with E-state index >= 15 is 0 Å². The minimum Gasteiger partial charge on any atom is -0.307 e. The molecule has 0 unspecified atom stereocenters. The second kappa shape index (κ2) is 4.37. The van der Waals surface area contributed by atoms with Crippen molar-refractivity contribution in [1.82, 2.24) is 10.2 Å². The number of nitrogens with zero attached hydrogens (tertiary/aromatic N) is 1. The first kappa shape index (κ1) is 10.7. The van der Waals surface area contributed by atoms with Gasteiger partial charge in [-0.05, 0) is 30.7 Å². The molecule has 0 radical (unpaired) electrons. The van der Waals surface area contributed by atoms with Crippen LogP contribution in [0.1, 0.15) is 15.9 Å². The van der Waals surface area contributed by atoms with Gasteiger partial charge < -0.3 is 5.32 Å². The third-order valence-corrected chi connectivity index (χ3v) is 2.59. The van der Waals surface area contributed by atoms with Crippen molar-refractivity contribution in [2.45, 2.75) is 6.92 Å². The summed E-state index contributed by atoms with van der Waals surface area (Å²) in [5.74, 6) is 0.376. The maximum absolute atomic E-state index is 11.8. The van der Waals surface area contributed by atoms with E-state index in [1.54, 1.807) is 30.5 Å². The van der Waals surface area contributed by atoms with Gasteiger partial charge in [0.2, 0.25) is 0 Å². The molecular weight excluding hydrogens is 226 g/mol. The van der Waals surface area contributed by atoms with E-state index in [0.29, 0.717) is 16.4 Å². The molecule has 0 aliphatic carbocycles. The Kier molecular flexibility index (Phi) is 2.92. The average molecular weight is 236 g/mol. The summed E-state index contributed by atoms with van der Waals surface area (Å²) in [7, 11) is 0. The summed E-state index contributed by atoms with van der Waals surface area (Å²) >= 11 is 5.88. The van der Waals surface area contributed by atoms with Crippen LogP contribution in [0.3, 0.4) is 0 Å². The van der Waals surface area contributed by atoms with Crippen LogP contribution in [0.15, 0.2) is 30.5 Å². The molecule has 0 fully saturated rings. The lowest BCUT2D eigenvalue weighted by atomic mass is 10.1. The summed E-state index contributed by atoms with van der Waals surface area (Å²) in [6, 6.07) is 6.81. The van der Waals surface area contributed by atoms with Crippen molar-refractivity contribution < 1.29 is 4.79 Å². The summed E-state index contributed by atoms with van der Waals surface area (Å²) < 4.78 is 0. The van der Waals surface area contributed by atoms with E-state index in [1.807, 2.05) is 6.92 Å².